The zero-order chi connectivity index (χ0) is 13.8. The Hall–Kier alpha value is -1.32. The first-order chi connectivity index (χ1) is 9.10. The Labute approximate surface area is 119 Å². The topological polar surface area (TPSA) is 29.9 Å². The van der Waals surface area contributed by atoms with E-state index in [1.807, 2.05) is 29.8 Å². The van der Waals surface area contributed by atoms with Gasteiger partial charge in [0.1, 0.15) is 0 Å². The van der Waals surface area contributed by atoms with Gasteiger partial charge in [0, 0.05) is 24.2 Å². The fourth-order valence-electron chi connectivity index (χ4n) is 2.17. The lowest BCUT2D eigenvalue weighted by molar-refractivity contribution is 0.531. The zero-order valence-corrected chi connectivity index (χ0v) is 12.4. The van der Waals surface area contributed by atoms with E-state index in [0.29, 0.717) is 0 Å². The second-order valence-corrected chi connectivity index (χ2v) is 5.19. The van der Waals surface area contributed by atoms with Crippen LogP contribution in [0, 0.1) is 6.92 Å². The van der Waals surface area contributed by atoms with Crippen molar-refractivity contribution in [2.75, 3.05) is 0 Å². The second-order valence-electron chi connectivity index (χ2n) is 4.75. The number of nitrogens with one attached hydrogen (secondary N) is 1. The van der Waals surface area contributed by atoms with Crippen LogP contribution in [0.5, 0.6) is 0 Å². The molecule has 1 N–H and O–H groups in total. The fraction of sp³-hybridized carbons (Fsp3) is 0.400. The summed E-state index contributed by atoms with van der Waals surface area (Å²) in [5.74, 6) is 0. The highest BCUT2D eigenvalue weighted by atomic mass is 35.5. The summed E-state index contributed by atoms with van der Waals surface area (Å²) >= 11 is 6.02. The maximum absolute atomic E-state index is 6.02. The molecule has 1 heterocycles. The largest absolute Gasteiger partial charge is 0.305 e. The second kappa shape index (κ2) is 6.22. The Morgan fingerprint density at radius 3 is 2.84 bits per heavy atom. The van der Waals surface area contributed by atoms with E-state index in [9.17, 15) is 0 Å². The Kier molecular flexibility index (Phi) is 4.61. The molecule has 0 radical (unpaired) electrons. The number of benzene rings is 1. The third kappa shape index (κ3) is 3.58. The van der Waals surface area contributed by atoms with Crippen LogP contribution >= 0.6 is 11.6 Å². The molecule has 0 spiro atoms. The number of hydrogen-bond acceptors (Lipinski definition) is 2. The molecule has 2 aromatic rings. The van der Waals surface area contributed by atoms with Gasteiger partial charge >= 0.3 is 0 Å². The van der Waals surface area contributed by atoms with Crippen LogP contribution in [0.2, 0.25) is 5.02 Å². The average Bonchev–Trinajstić information content (AvgIpc) is 2.76. The summed E-state index contributed by atoms with van der Waals surface area (Å²) < 4.78 is 2.03. The molecule has 102 valence electrons. The maximum atomic E-state index is 6.02. The molecule has 0 aliphatic heterocycles. The van der Waals surface area contributed by atoms with E-state index in [0.717, 1.165) is 23.8 Å². The lowest BCUT2D eigenvalue weighted by Crippen LogP contribution is -2.20. The quantitative estimate of drug-likeness (QED) is 0.903. The van der Waals surface area contributed by atoms with Crippen molar-refractivity contribution in [2.45, 2.75) is 39.9 Å². The molecule has 0 saturated heterocycles. The molecular weight excluding hydrogens is 258 g/mol. The molecule has 0 amide bonds. The number of hydrogen-bond donors (Lipinski definition) is 1. The van der Waals surface area contributed by atoms with Crippen LogP contribution in [0.4, 0.5) is 0 Å². The van der Waals surface area contributed by atoms with Crippen LogP contribution in [0.25, 0.3) is 0 Å². The van der Waals surface area contributed by atoms with E-state index in [2.05, 4.69) is 36.4 Å². The van der Waals surface area contributed by atoms with E-state index in [1.165, 1.54) is 11.3 Å². The molecule has 0 saturated carbocycles. The average molecular weight is 278 g/mol. The van der Waals surface area contributed by atoms with Crippen molar-refractivity contribution >= 4 is 11.6 Å². The first kappa shape index (κ1) is 14.1. The molecule has 1 aromatic carbocycles. The van der Waals surface area contributed by atoms with Crippen molar-refractivity contribution in [2.24, 2.45) is 0 Å². The number of aromatic nitrogens is 2. The van der Waals surface area contributed by atoms with Crippen LogP contribution in [-0.2, 0) is 13.1 Å². The minimum Gasteiger partial charge on any atom is -0.305 e. The van der Waals surface area contributed by atoms with Crippen molar-refractivity contribution in [1.29, 1.82) is 0 Å². The van der Waals surface area contributed by atoms with E-state index >= 15 is 0 Å². The van der Waals surface area contributed by atoms with Crippen molar-refractivity contribution < 1.29 is 0 Å². The Balaban J connectivity index is 2.02. The summed E-state index contributed by atoms with van der Waals surface area (Å²) in [6.07, 6.45) is 0. The third-order valence-corrected chi connectivity index (χ3v) is 3.46. The molecule has 1 aromatic heterocycles. The van der Waals surface area contributed by atoms with Gasteiger partial charge in [0.25, 0.3) is 0 Å². The van der Waals surface area contributed by atoms with Gasteiger partial charge in [0.15, 0.2) is 0 Å². The zero-order valence-electron chi connectivity index (χ0n) is 11.7. The molecule has 2 rings (SSSR count). The number of nitrogens with zero attached hydrogens (tertiary/aromatic N) is 2. The summed E-state index contributed by atoms with van der Waals surface area (Å²) in [5.41, 5.74) is 3.48. The summed E-state index contributed by atoms with van der Waals surface area (Å²) in [6.45, 7) is 7.98. The van der Waals surface area contributed by atoms with Gasteiger partial charge in [-0.2, -0.15) is 5.10 Å². The van der Waals surface area contributed by atoms with E-state index in [4.69, 9.17) is 11.6 Å². The summed E-state index contributed by atoms with van der Waals surface area (Å²) in [6, 6.07) is 10.4. The minimum absolute atomic E-state index is 0.263. The van der Waals surface area contributed by atoms with Gasteiger partial charge in [0.2, 0.25) is 0 Å². The Bertz CT molecular complexity index is 548. The molecule has 0 fully saturated rings. The predicted molar refractivity (Wildman–Crippen MR) is 79.3 cm³/mol. The van der Waals surface area contributed by atoms with Gasteiger partial charge in [0.05, 0.1) is 11.4 Å². The van der Waals surface area contributed by atoms with E-state index in [-0.39, 0.29) is 6.04 Å². The smallest absolute Gasteiger partial charge is 0.0597 e. The van der Waals surface area contributed by atoms with Gasteiger partial charge in [-0.25, -0.2) is 0 Å². The van der Waals surface area contributed by atoms with Crippen LogP contribution in [-0.4, -0.2) is 9.78 Å². The monoisotopic (exact) mass is 277 g/mol. The molecule has 19 heavy (non-hydrogen) atoms. The van der Waals surface area contributed by atoms with Gasteiger partial charge < -0.3 is 5.32 Å². The predicted octanol–water partition coefficient (Wildman–Crippen LogP) is 3.72. The molecule has 0 aliphatic carbocycles. The Morgan fingerprint density at radius 1 is 1.37 bits per heavy atom. The van der Waals surface area contributed by atoms with Crippen LogP contribution in [0.15, 0.2) is 30.3 Å². The van der Waals surface area contributed by atoms with Gasteiger partial charge in [-0.15, -0.1) is 0 Å². The highest BCUT2D eigenvalue weighted by molar-refractivity contribution is 6.30. The third-order valence-electron chi connectivity index (χ3n) is 3.22. The van der Waals surface area contributed by atoms with Crippen LogP contribution in [0.1, 0.15) is 36.8 Å². The first-order valence-electron chi connectivity index (χ1n) is 6.62. The SMILES string of the molecule is CCn1nc(C)cc1CN[C@H](C)c1cccc(Cl)c1. The molecule has 0 bridgehead atoms. The summed E-state index contributed by atoms with van der Waals surface area (Å²) in [4.78, 5) is 0. The highest BCUT2D eigenvalue weighted by Gasteiger charge is 2.08. The molecule has 4 heteroatoms. The van der Waals surface area contributed by atoms with E-state index < -0.39 is 0 Å². The number of aryl methyl sites for hydroxylation is 2. The first-order valence-corrected chi connectivity index (χ1v) is 7.00. The standard InChI is InChI=1S/C15H20ClN3/c1-4-19-15(8-11(2)18-19)10-17-12(3)13-6-5-7-14(16)9-13/h5-9,12,17H,4,10H2,1-3H3/t12-/m1/s1. The number of halogens is 1. The van der Waals surface area contributed by atoms with Crippen LogP contribution < -0.4 is 5.32 Å². The van der Waals surface area contributed by atoms with Gasteiger partial charge in [-0.05, 0) is 44.5 Å². The molecule has 3 nitrogen and oxygen atoms in total. The summed E-state index contributed by atoms with van der Waals surface area (Å²) in [7, 11) is 0. The highest BCUT2D eigenvalue weighted by Crippen LogP contribution is 2.17. The van der Waals surface area contributed by atoms with Crippen molar-refractivity contribution in [1.82, 2.24) is 15.1 Å². The lowest BCUT2D eigenvalue weighted by atomic mass is 10.1. The normalized spacial score (nSPS) is 12.6. The van der Waals surface area contributed by atoms with E-state index in [1.54, 1.807) is 0 Å². The van der Waals surface area contributed by atoms with Crippen molar-refractivity contribution in [3.05, 3.63) is 52.3 Å². The Morgan fingerprint density at radius 2 is 2.16 bits per heavy atom. The fourth-order valence-corrected chi connectivity index (χ4v) is 2.37. The molecular formula is C15H20ClN3. The molecule has 0 aliphatic rings. The number of rotatable bonds is 5. The van der Waals surface area contributed by atoms with Gasteiger partial charge in [-0.3, -0.25) is 4.68 Å². The van der Waals surface area contributed by atoms with Crippen molar-refractivity contribution in [3.63, 3.8) is 0 Å². The lowest BCUT2D eigenvalue weighted by Gasteiger charge is -2.15. The molecule has 0 unspecified atom stereocenters. The van der Waals surface area contributed by atoms with Crippen LogP contribution in [0.3, 0.4) is 0 Å². The maximum Gasteiger partial charge on any atom is 0.0597 e. The summed E-state index contributed by atoms with van der Waals surface area (Å²) in [5, 5.41) is 8.74. The minimum atomic E-state index is 0.263. The molecule has 1 atom stereocenters. The van der Waals surface area contributed by atoms with Gasteiger partial charge in [-0.1, -0.05) is 23.7 Å². The van der Waals surface area contributed by atoms with Crippen molar-refractivity contribution in [3.8, 4) is 0 Å².